The van der Waals surface area contributed by atoms with E-state index < -0.39 is 0 Å². The van der Waals surface area contributed by atoms with Crippen molar-refractivity contribution in [2.24, 2.45) is 0 Å². The summed E-state index contributed by atoms with van der Waals surface area (Å²) in [6.45, 7) is 5.41. The summed E-state index contributed by atoms with van der Waals surface area (Å²) in [7, 11) is 0. The molecule has 0 atom stereocenters. The number of hydrogen-bond acceptors (Lipinski definition) is 4. The van der Waals surface area contributed by atoms with Crippen LogP contribution in [0.25, 0.3) is 0 Å². The number of aliphatic hydroxyl groups is 1. The molecule has 2 N–H and O–H groups in total. The van der Waals surface area contributed by atoms with Crippen molar-refractivity contribution >= 4 is 11.6 Å². The standard InChI is InChI=1S/C16H25ClN2O2/c17-15-4-5-16(14(12-15)13-18-6-10-20)21-11-9-19-7-2-1-3-8-19/h4-5,12,18,20H,1-3,6-11,13H2. The molecule has 0 aromatic heterocycles. The van der Waals surface area contributed by atoms with Gasteiger partial charge in [0.05, 0.1) is 6.61 Å². The number of benzene rings is 1. The number of nitrogens with zero attached hydrogens (tertiary/aromatic N) is 1. The van der Waals surface area contributed by atoms with Crippen molar-refractivity contribution < 1.29 is 9.84 Å². The largest absolute Gasteiger partial charge is 0.492 e. The molecule has 118 valence electrons. The first-order valence-electron chi connectivity index (χ1n) is 7.75. The number of aliphatic hydroxyl groups excluding tert-OH is 1. The molecule has 0 amide bonds. The Labute approximate surface area is 132 Å². The molecule has 0 radical (unpaired) electrons. The molecule has 21 heavy (non-hydrogen) atoms. The fraction of sp³-hybridized carbons (Fsp3) is 0.625. The van der Waals surface area contributed by atoms with Gasteiger partial charge in [0, 0.05) is 30.2 Å². The van der Waals surface area contributed by atoms with Crippen LogP contribution in [-0.2, 0) is 6.54 Å². The number of nitrogens with one attached hydrogen (secondary N) is 1. The third-order valence-corrected chi connectivity index (χ3v) is 3.98. The van der Waals surface area contributed by atoms with Gasteiger partial charge in [-0.1, -0.05) is 18.0 Å². The van der Waals surface area contributed by atoms with E-state index >= 15 is 0 Å². The Balaban J connectivity index is 1.82. The second kappa shape index (κ2) is 9.26. The lowest BCUT2D eigenvalue weighted by molar-refractivity contribution is 0.182. The summed E-state index contributed by atoms with van der Waals surface area (Å²) in [5.74, 6) is 0.877. The van der Waals surface area contributed by atoms with Gasteiger partial charge in [0.25, 0.3) is 0 Å². The highest BCUT2D eigenvalue weighted by Crippen LogP contribution is 2.23. The van der Waals surface area contributed by atoms with Crippen LogP contribution >= 0.6 is 11.6 Å². The number of piperidine rings is 1. The Hall–Kier alpha value is -0.810. The molecule has 2 rings (SSSR count). The highest BCUT2D eigenvalue weighted by Gasteiger charge is 2.10. The van der Waals surface area contributed by atoms with Crippen LogP contribution in [0.2, 0.25) is 5.02 Å². The highest BCUT2D eigenvalue weighted by molar-refractivity contribution is 6.30. The Bertz CT molecular complexity index is 423. The number of hydrogen-bond donors (Lipinski definition) is 2. The SMILES string of the molecule is OCCNCc1cc(Cl)ccc1OCCN1CCCCC1. The summed E-state index contributed by atoms with van der Waals surface area (Å²) < 4.78 is 5.92. The quantitative estimate of drug-likeness (QED) is 0.723. The van der Waals surface area contributed by atoms with E-state index in [1.807, 2.05) is 18.2 Å². The predicted octanol–water partition coefficient (Wildman–Crippen LogP) is 2.29. The lowest BCUT2D eigenvalue weighted by atomic mass is 10.1. The Morgan fingerprint density at radius 3 is 2.81 bits per heavy atom. The third kappa shape index (κ3) is 5.83. The summed E-state index contributed by atoms with van der Waals surface area (Å²) in [6.07, 6.45) is 3.96. The van der Waals surface area contributed by atoms with E-state index in [0.29, 0.717) is 24.7 Å². The summed E-state index contributed by atoms with van der Waals surface area (Å²) >= 11 is 6.04. The number of likely N-dealkylation sites (tertiary alicyclic amines) is 1. The Morgan fingerprint density at radius 1 is 1.24 bits per heavy atom. The van der Waals surface area contributed by atoms with E-state index in [0.717, 1.165) is 17.9 Å². The van der Waals surface area contributed by atoms with Crippen molar-refractivity contribution in [3.63, 3.8) is 0 Å². The summed E-state index contributed by atoms with van der Waals surface area (Å²) in [6, 6.07) is 5.70. The topological polar surface area (TPSA) is 44.7 Å². The highest BCUT2D eigenvalue weighted by atomic mass is 35.5. The zero-order chi connectivity index (χ0) is 14.9. The van der Waals surface area contributed by atoms with Gasteiger partial charge in [-0.3, -0.25) is 4.90 Å². The van der Waals surface area contributed by atoms with Gasteiger partial charge >= 0.3 is 0 Å². The lowest BCUT2D eigenvalue weighted by Crippen LogP contribution is -2.33. The zero-order valence-electron chi connectivity index (χ0n) is 12.5. The zero-order valence-corrected chi connectivity index (χ0v) is 13.2. The minimum atomic E-state index is 0.131. The van der Waals surface area contributed by atoms with Gasteiger partial charge in [-0.05, 0) is 44.1 Å². The average Bonchev–Trinajstić information content (AvgIpc) is 2.51. The fourth-order valence-corrected chi connectivity index (χ4v) is 2.79. The average molecular weight is 313 g/mol. The molecule has 1 saturated heterocycles. The predicted molar refractivity (Wildman–Crippen MR) is 86.0 cm³/mol. The van der Waals surface area contributed by atoms with E-state index in [1.165, 1.54) is 32.4 Å². The molecular weight excluding hydrogens is 288 g/mol. The van der Waals surface area contributed by atoms with E-state index in [1.54, 1.807) is 0 Å². The van der Waals surface area contributed by atoms with Gasteiger partial charge < -0.3 is 15.2 Å². The molecular formula is C16H25ClN2O2. The minimum absolute atomic E-state index is 0.131. The normalized spacial score (nSPS) is 16.1. The first kappa shape index (κ1) is 16.6. The van der Waals surface area contributed by atoms with Crippen LogP contribution in [0, 0.1) is 0 Å². The molecule has 1 aliphatic rings. The molecule has 4 nitrogen and oxygen atoms in total. The van der Waals surface area contributed by atoms with Gasteiger partial charge in [0.1, 0.15) is 12.4 Å². The monoisotopic (exact) mass is 312 g/mol. The smallest absolute Gasteiger partial charge is 0.123 e. The van der Waals surface area contributed by atoms with Gasteiger partial charge in [0.2, 0.25) is 0 Å². The van der Waals surface area contributed by atoms with Gasteiger partial charge in [-0.25, -0.2) is 0 Å². The Kier molecular flexibility index (Phi) is 7.30. The maximum atomic E-state index is 8.83. The second-order valence-electron chi connectivity index (χ2n) is 5.40. The molecule has 1 fully saturated rings. The molecule has 1 aliphatic heterocycles. The first-order chi connectivity index (χ1) is 10.3. The van der Waals surface area contributed by atoms with Gasteiger partial charge in [0.15, 0.2) is 0 Å². The lowest BCUT2D eigenvalue weighted by Gasteiger charge is -2.26. The summed E-state index contributed by atoms with van der Waals surface area (Å²) in [5.41, 5.74) is 1.04. The molecule has 1 aromatic carbocycles. The molecule has 0 unspecified atom stereocenters. The summed E-state index contributed by atoms with van der Waals surface area (Å²) in [5, 5.41) is 12.7. The van der Waals surface area contributed by atoms with Crippen molar-refractivity contribution in [3.05, 3.63) is 28.8 Å². The number of ether oxygens (including phenoxy) is 1. The second-order valence-corrected chi connectivity index (χ2v) is 5.84. The fourth-order valence-electron chi connectivity index (χ4n) is 2.60. The van der Waals surface area contributed by atoms with Crippen LogP contribution in [-0.4, -0.2) is 49.4 Å². The van der Waals surface area contributed by atoms with Crippen molar-refractivity contribution in [1.29, 1.82) is 0 Å². The molecule has 1 aromatic rings. The number of rotatable bonds is 8. The van der Waals surface area contributed by atoms with E-state index in [-0.39, 0.29) is 6.61 Å². The van der Waals surface area contributed by atoms with Crippen LogP contribution in [0.3, 0.4) is 0 Å². The molecule has 1 heterocycles. The molecule has 0 spiro atoms. The summed E-state index contributed by atoms with van der Waals surface area (Å²) in [4.78, 5) is 2.46. The number of halogens is 1. The van der Waals surface area contributed by atoms with Crippen molar-refractivity contribution in [1.82, 2.24) is 10.2 Å². The van der Waals surface area contributed by atoms with E-state index in [2.05, 4.69) is 10.2 Å². The van der Waals surface area contributed by atoms with Crippen LogP contribution in [0.4, 0.5) is 0 Å². The van der Waals surface area contributed by atoms with Crippen LogP contribution in [0.15, 0.2) is 18.2 Å². The van der Waals surface area contributed by atoms with E-state index in [4.69, 9.17) is 21.4 Å². The van der Waals surface area contributed by atoms with Gasteiger partial charge in [-0.2, -0.15) is 0 Å². The maximum absolute atomic E-state index is 8.83. The molecule has 0 bridgehead atoms. The van der Waals surface area contributed by atoms with Crippen molar-refractivity contribution in [2.45, 2.75) is 25.8 Å². The minimum Gasteiger partial charge on any atom is -0.492 e. The maximum Gasteiger partial charge on any atom is 0.123 e. The van der Waals surface area contributed by atoms with Crippen molar-refractivity contribution in [2.75, 3.05) is 39.4 Å². The molecule has 0 aliphatic carbocycles. The van der Waals surface area contributed by atoms with Crippen LogP contribution in [0.1, 0.15) is 24.8 Å². The van der Waals surface area contributed by atoms with Crippen molar-refractivity contribution in [3.8, 4) is 5.75 Å². The van der Waals surface area contributed by atoms with Crippen LogP contribution in [0.5, 0.6) is 5.75 Å². The van der Waals surface area contributed by atoms with E-state index in [9.17, 15) is 0 Å². The molecule has 0 saturated carbocycles. The third-order valence-electron chi connectivity index (χ3n) is 3.74. The van der Waals surface area contributed by atoms with Crippen LogP contribution < -0.4 is 10.1 Å². The van der Waals surface area contributed by atoms with Gasteiger partial charge in [-0.15, -0.1) is 0 Å². The molecule has 5 heteroatoms. The Morgan fingerprint density at radius 2 is 2.05 bits per heavy atom. The first-order valence-corrected chi connectivity index (χ1v) is 8.12.